The van der Waals surface area contributed by atoms with Gasteiger partial charge in [-0.25, -0.2) is 0 Å². The molecule has 1 aromatic carbocycles. The second kappa shape index (κ2) is 6.83. The van der Waals surface area contributed by atoms with Crippen molar-refractivity contribution in [2.75, 3.05) is 12.4 Å². The third-order valence-electron chi connectivity index (χ3n) is 3.84. The summed E-state index contributed by atoms with van der Waals surface area (Å²) < 4.78 is 11.0. The van der Waals surface area contributed by atoms with Crippen molar-refractivity contribution in [3.8, 4) is 5.75 Å². The minimum Gasteiger partial charge on any atom is -0.495 e. The number of furan rings is 1. The fourth-order valence-corrected chi connectivity index (χ4v) is 2.57. The van der Waals surface area contributed by atoms with Crippen LogP contribution in [0.1, 0.15) is 30.8 Å². The number of hydrogen-bond donors (Lipinski definition) is 2. The van der Waals surface area contributed by atoms with Crippen LogP contribution in [0.25, 0.3) is 0 Å². The zero-order valence-corrected chi connectivity index (χ0v) is 13.9. The molecule has 0 amide bonds. The maximum atomic E-state index is 5.74. The first-order valence-corrected chi connectivity index (χ1v) is 7.91. The number of nitrogens with zero attached hydrogens (tertiary/aromatic N) is 1. The highest BCUT2D eigenvalue weighted by atomic mass is 32.1. The number of nitrogens with one attached hydrogen (secondary N) is 2. The average molecular weight is 329 g/mol. The third kappa shape index (κ3) is 3.90. The van der Waals surface area contributed by atoms with Gasteiger partial charge in [0.25, 0.3) is 0 Å². The Morgan fingerprint density at radius 2 is 2.13 bits per heavy atom. The lowest BCUT2D eigenvalue weighted by Crippen LogP contribution is -2.24. The van der Waals surface area contributed by atoms with Crippen molar-refractivity contribution in [1.82, 2.24) is 5.43 Å². The number of anilines is 1. The summed E-state index contributed by atoms with van der Waals surface area (Å²) in [6.07, 6.45) is 2.82. The maximum Gasteiger partial charge on any atom is 0.191 e. The van der Waals surface area contributed by atoms with Gasteiger partial charge in [-0.3, -0.25) is 5.43 Å². The molecule has 1 saturated carbocycles. The highest BCUT2D eigenvalue weighted by Gasteiger charge is 2.36. The monoisotopic (exact) mass is 329 g/mol. The second-order valence-corrected chi connectivity index (χ2v) is 5.99. The van der Waals surface area contributed by atoms with Crippen LogP contribution < -0.4 is 15.5 Å². The molecule has 1 aromatic heterocycles. The average Bonchev–Trinajstić information content (AvgIpc) is 3.09. The Balaban J connectivity index is 1.53. The van der Waals surface area contributed by atoms with Crippen LogP contribution in [-0.4, -0.2) is 18.4 Å². The molecule has 3 rings (SSSR count). The lowest BCUT2D eigenvalue weighted by Gasteiger charge is -2.10. The lowest BCUT2D eigenvalue weighted by molar-refractivity contribution is 0.417. The Hall–Kier alpha value is -2.34. The van der Waals surface area contributed by atoms with E-state index in [1.54, 1.807) is 13.3 Å². The molecule has 120 valence electrons. The number of methoxy groups -OCH3 is 1. The predicted octanol–water partition coefficient (Wildman–Crippen LogP) is 3.73. The van der Waals surface area contributed by atoms with E-state index >= 15 is 0 Å². The summed E-state index contributed by atoms with van der Waals surface area (Å²) in [5, 5.41) is 7.51. The Labute approximate surface area is 140 Å². The first-order valence-electron chi connectivity index (χ1n) is 7.50. The topological polar surface area (TPSA) is 58.8 Å². The molecular weight excluding hydrogens is 310 g/mol. The summed E-state index contributed by atoms with van der Waals surface area (Å²) in [4.78, 5) is 0. The zero-order valence-electron chi connectivity index (χ0n) is 13.1. The largest absolute Gasteiger partial charge is 0.495 e. The van der Waals surface area contributed by atoms with Crippen LogP contribution in [0.3, 0.4) is 0 Å². The Morgan fingerprint density at radius 1 is 1.35 bits per heavy atom. The molecule has 0 saturated heterocycles. The molecule has 1 heterocycles. The van der Waals surface area contributed by atoms with Crippen molar-refractivity contribution in [2.45, 2.75) is 19.3 Å². The summed E-state index contributed by atoms with van der Waals surface area (Å²) in [5.41, 5.74) is 3.55. The van der Waals surface area contributed by atoms with Crippen LogP contribution in [0.2, 0.25) is 0 Å². The van der Waals surface area contributed by atoms with E-state index in [1.807, 2.05) is 36.4 Å². The van der Waals surface area contributed by atoms with E-state index < -0.39 is 0 Å². The molecule has 0 bridgehead atoms. The van der Waals surface area contributed by atoms with Gasteiger partial charge < -0.3 is 14.5 Å². The molecule has 0 radical (unpaired) electrons. The Kier molecular flexibility index (Phi) is 4.62. The molecule has 23 heavy (non-hydrogen) atoms. The normalized spacial score (nSPS) is 19.6. The van der Waals surface area contributed by atoms with Crippen LogP contribution in [0.4, 0.5) is 5.69 Å². The van der Waals surface area contributed by atoms with Crippen molar-refractivity contribution in [3.63, 3.8) is 0 Å². The quantitative estimate of drug-likeness (QED) is 0.497. The minimum absolute atomic E-state index is 0.383. The van der Waals surface area contributed by atoms with Crippen LogP contribution in [0, 0.1) is 5.92 Å². The fourth-order valence-electron chi connectivity index (χ4n) is 2.41. The smallest absolute Gasteiger partial charge is 0.191 e. The van der Waals surface area contributed by atoms with E-state index in [0.29, 0.717) is 16.8 Å². The standard InChI is InChI=1S/C17H19N3O2S/c1-11-9-13(11)15-8-7-12(22-15)10-18-20-17(23)19-14-5-3-4-6-16(14)21-2/h3-8,10-11,13H,9H2,1-2H3,(H2,19,20,23)/b18-10-/t11-,13+/m1/s1. The van der Waals surface area contributed by atoms with Gasteiger partial charge in [-0.15, -0.1) is 0 Å². The number of ether oxygens (including phenoxy) is 1. The maximum absolute atomic E-state index is 5.74. The third-order valence-corrected chi connectivity index (χ3v) is 4.03. The van der Waals surface area contributed by atoms with Crippen molar-refractivity contribution >= 4 is 29.2 Å². The van der Waals surface area contributed by atoms with Gasteiger partial charge in [0.2, 0.25) is 0 Å². The van der Waals surface area contributed by atoms with Gasteiger partial charge >= 0.3 is 0 Å². The van der Waals surface area contributed by atoms with Gasteiger partial charge in [-0.05, 0) is 48.8 Å². The number of para-hydroxylation sites is 2. The molecule has 5 nitrogen and oxygen atoms in total. The summed E-state index contributed by atoms with van der Waals surface area (Å²) >= 11 is 5.21. The number of hydrazone groups is 1. The van der Waals surface area contributed by atoms with E-state index in [0.717, 1.165) is 23.1 Å². The first kappa shape index (κ1) is 15.6. The lowest BCUT2D eigenvalue weighted by atomic mass is 10.3. The van der Waals surface area contributed by atoms with E-state index in [9.17, 15) is 0 Å². The highest BCUT2D eigenvalue weighted by molar-refractivity contribution is 7.80. The first-order chi connectivity index (χ1) is 11.2. The van der Waals surface area contributed by atoms with E-state index in [2.05, 4.69) is 22.8 Å². The van der Waals surface area contributed by atoms with Crippen LogP contribution in [0.15, 0.2) is 45.9 Å². The summed E-state index contributed by atoms with van der Waals surface area (Å²) in [5.74, 6) is 3.76. The Bertz CT molecular complexity index is 726. The zero-order chi connectivity index (χ0) is 16.2. The molecule has 2 N–H and O–H groups in total. The number of benzene rings is 1. The SMILES string of the molecule is COc1ccccc1NC(=S)N/N=C\c1ccc([C@H]2C[C@H]2C)o1. The van der Waals surface area contributed by atoms with Gasteiger partial charge in [0, 0.05) is 5.92 Å². The molecular formula is C17H19N3O2S. The van der Waals surface area contributed by atoms with Crippen LogP contribution in [-0.2, 0) is 0 Å². The minimum atomic E-state index is 0.383. The van der Waals surface area contributed by atoms with Crippen molar-refractivity contribution in [2.24, 2.45) is 11.0 Å². The van der Waals surface area contributed by atoms with Crippen LogP contribution in [0.5, 0.6) is 5.75 Å². The molecule has 0 spiro atoms. The van der Waals surface area contributed by atoms with Gasteiger partial charge in [0.15, 0.2) is 5.11 Å². The molecule has 2 aromatic rings. The molecule has 1 aliphatic carbocycles. The van der Waals surface area contributed by atoms with Crippen LogP contribution >= 0.6 is 12.2 Å². The van der Waals surface area contributed by atoms with Crippen molar-refractivity contribution < 1.29 is 9.15 Å². The van der Waals surface area contributed by atoms with Gasteiger partial charge in [-0.2, -0.15) is 5.10 Å². The molecule has 0 aliphatic heterocycles. The summed E-state index contributed by atoms with van der Waals surface area (Å²) in [6.45, 7) is 2.23. The predicted molar refractivity (Wildman–Crippen MR) is 95.2 cm³/mol. The fraction of sp³-hybridized carbons (Fsp3) is 0.294. The second-order valence-electron chi connectivity index (χ2n) is 5.58. The summed E-state index contributed by atoms with van der Waals surface area (Å²) in [6, 6.07) is 11.5. The van der Waals surface area contributed by atoms with Crippen molar-refractivity contribution in [3.05, 3.63) is 47.9 Å². The van der Waals surface area contributed by atoms with E-state index in [4.69, 9.17) is 21.4 Å². The van der Waals surface area contributed by atoms with Gasteiger partial charge in [-0.1, -0.05) is 19.1 Å². The van der Waals surface area contributed by atoms with Gasteiger partial charge in [0.05, 0.1) is 19.0 Å². The van der Waals surface area contributed by atoms with Gasteiger partial charge in [0.1, 0.15) is 17.3 Å². The highest BCUT2D eigenvalue weighted by Crippen LogP contribution is 2.47. The molecule has 1 fully saturated rings. The molecule has 0 unspecified atom stereocenters. The summed E-state index contributed by atoms with van der Waals surface area (Å²) in [7, 11) is 1.62. The number of rotatable bonds is 5. The van der Waals surface area contributed by atoms with E-state index in [-0.39, 0.29) is 0 Å². The van der Waals surface area contributed by atoms with E-state index in [1.165, 1.54) is 6.42 Å². The molecule has 6 heteroatoms. The molecule has 2 atom stereocenters. The van der Waals surface area contributed by atoms with Crippen molar-refractivity contribution in [1.29, 1.82) is 0 Å². The number of thiocarbonyl (C=S) groups is 1. The number of hydrogen-bond acceptors (Lipinski definition) is 4. The Morgan fingerprint density at radius 3 is 2.87 bits per heavy atom. The molecule has 1 aliphatic rings.